The van der Waals surface area contributed by atoms with Gasteiger partial charge in [-0.1, -0.05) is 0 Å². The number of hydrogen-bond acceptors (Lipinski definition) is 7. The quantitative estimate of drug-likeness (QED) is 0.327. The number of fused-ring (bicyclic) bond motifs is 3. The van der Waals surface area contributed by atoms with Crippen LogP contribution in [0.15, 0.2) is 41.5 Å². The van der Waals surface area contributed by atoms with Crippen LogP contribution >= 0.6 is 0 Å². The topological polar surface area (TPSA) is 137 Å². The van der Waals surface area contributed by atoms with Crippen LogP contribution in [0.5, 0.6) is 0 Å². The number of carbonyl (C=O) groups excluding carboxylic acids is 1. The van der Waals surface area contributed by atoms with E-state index in [9.17, 15) is 19.7 Å². The number of benzene rings is 1. The summed E-state index contributed by atoms with van der Waals surface area (Å²) < 4.78 is 7.60. The number of carbonyl (C=O) groups is 1. The third kappa shape index (κ3) is 2.61. The fourth-order valence-electron chi connectivity index (χ4n) is 2.78. The highest BCUT2D eigenvalue weighted by atomic mass is 16.6. The molecule has 0 fully saturated rings. The fraction of sp³-hybridized carbons (Fsp3) is 0.125. The molecule has 0 atom stereocenters. The molecule has 1 aromatic carbocycles. The molecule has 136 valence electrons. The number of H-pyrrole nitrogens is 1. The number of nitrogens with zero attached hydrogens (tertiary/aromatic N) is 5. The molecular formula is C16H12N6O5. The summed E-state index contributed by atoms with van der Waals surface area (Å²) in [5, 5.41) is 15.5. The van der Waals surface area contributed by atoms with Crippen LogP contribution in [0.1, 0.15) is 17.5 Å². The van der Waals surface area contributed by atoms with Gasteiger partial charge in [-0.05, 0) is 25.1 Å². The first-order chi connectivity index (χ1) is 13.0. The lowest BCUT2D eigenvalue weighted by molar-refractivity contribution is -0.384. The summed E-state index contributed by atoms with van der Waals surface area (Å²) in [4.78, 5) is 41.6. The predicted octanol–water partition coefficient (Wildman–Crippen LogP) is 1.45. The van der Waals surface area contributed by atoms with Crippen LogP contribution < -0.4 is 5.56 Å². The Labute approximate surface area is 150 Å². The summed E-state index contributed by atoms with van der Waals surface area (Å²) in [7, 11) is 0. The van der Waals surface area contributed by atoms with Crippen molar-refractivity contribution in [3.8, 4) is 5.69 Å². The SMILES string of the molecule is CCOC(=O)c1nc2c(=O)[nH]c3cc([N+](=O)[O-])c(-n4cccc4)cc3n2n1. The zero-order valence-electron chi connectivity index (χ0n) is 13.9. The minimum Gasteiger partial charge on any atom is -0.460 e. The van der Waals surface area contributed by atoms with E-state index < -0.39 is 16.5 Å². The first-order valence-corrected chi connectivity index (χ1v) is 7.91. The van der Waals surface area contributed by atoms with Gasteiger partial charge in [0, 0.05) is 18.5 Å². The van der Waals surface area contributed by atoms with Crippen LogP contribution in [0, 0.1) is 10.1 Å². The first kappa shape index (κ1) is 16.4. The van der Waals surface area contributed by atoms with Gasteiger partial charge >= 0.3 is 5.97 Å². The average Bonchev–Trinajstić information content (AvgIpc) is 3.31. The number of aromatic amines is 1. The Morgan fingerprint density at radius 2 is 2.07 bits per heavy atom. The van der Waals surface area contributed by atoms with Gasteiger partial charge in [0.05, 0.1) is 22.6 Å². The van der Waals surface area contributed by atoms with Gasteiger partial charge in [-0.15, -0.1) is 5.10 Å². The van der Waals surface area contributed by atoms with Crippen LogP contribution in [-0.4, -0.2) is 41.6 Å². The molecular weight excluding hydrogens is 356 g/mol. The predicted molar refractivity (Wildman–Crippen MR) is 93.1 cm³/mol. The lowest BCUT2D eigenvalue weighted by Gasteiger charge is -2.07. The molecule has 0 aliphatic rings. The lowest BCUT2D eigenvalue weighted by Crippen LogP contribution is -2.12. The molecule has 0 aliphatic heterocycles. The maximum atomic E-state index is 12.3. The van der Waals surface area contributed by atoms with Crippen LogP contribution in [0.4, 0.5) is 5.69 Å². The van der Waals surface area contributed by atoms with Crippen molar-refractivity contribution in [1.82, 2.24) is 24.1 Å². The second kappa shape index (κ2) is 6.05. The van der Waals surface area contributed by atoms with Gasteiger partial charge in [0.2, 0.25) is 5.65 Å². The third-order valence-corrected chi connectivity index (χ3v) is 3.92. The number of nitro groups is 1. The van der Waals surface area contributed by atoms with E-state index in [4.69, 9.17) is 4.74 Å². The highest BCUT2D eigenvalue weighted by Gasteiger charge is 2.22. The van der Waals surface area contributed by atoms with Gasteiger partial charge in [-0.3, -0.25) is 14.9 Å². The fourth-order valence-corrected chi connectivity index (χ4v) is 2.78. The van der Waals surface area contributed by atoms with Crippen molar-refractivity contribution < 1.29 is 14.5 Å². The highest BCUT2D eigenvalue weighted by Crippen LogP contribution is 2.27. The van der Waals surface area contributed by atoms with Crippen LogP contribution in [0.25, 0.3) is 22.4 Å². The molecule has 3 heterocycles. The van der Waals surface area contributed by atoms with E-state index in [1.807, 2.05) is 0 Å². The van der Waals surface area contributed by atoms with Crippen molar-refractivity contribution in [2.24, 2.45) is 0 Å². The van der Waals surface area contributed by atoms with Gasteiger partial charge in [-0.2, -0.15) is 4.98 Å². The molecule has 1 N–H and O–H groups in total. The summed E-state index contributed by atoms with van der Waals surface area (Å²) in [6.45, 7) is 1.77. The number of nitrogens with one attached hydrogen (secondary N) is 1. The van der Waals surface area contributed by atoms with Crippen LogP contribution in [0.2, 0.25) is 0 Å². The molecule has 0 saturated carbocycles. The normalized spacial score (nSPS) is 11.1. The zero-order valence-corrected chi connectivity index (χ0v) is 13.9. The number of hydrogen-bond donors (Lipinski definition) is 1. The standard InChI is InChI=1S/C16H12N6O5/c1-2-27-16(24)13-18-14-15(23)17-9-7-12(22(25)26)11(20-5-3-4-6-20)8-10(9)21(14)19-13/h3-8H,2H2,1H3,(H,17,23). The molecule has 0 amide bonds. The maximum Gasteiger partial charge on any atom is 0.378 e. The Hall–Kier alpha value is -4.02. The number of nitro benzene ring substituents is 1. The Balaban J connectivity index is 2.06. The zero-order chi connectivity index (χ0) is 19.1. The van der Waals surface area contributed by atoms with Gasteiger partial charge < -0.3 is 14.3 Å². The molecule has 4 aromatic rings. The van der Waals surface area contributed by atoms with Gasteiger partial charge in [0.25, 0.3) is 17.1 Å². The second-order valence-corrected chi connectivity index (χ2v) is 5.55. The van der Waals surface area contributed by atoms with Gasteiger partial charge in [-0.25, -0.2) is 9.31 Å². The van der Waals surface area contributed by atoms with E-state index in [2.05, 4.69) is 15.1 Å². The molecule has 0 saturated heterocycles. The van der Waals surface area contributed by atoms with Crippen molar-refractivity contribution in [3.05, 3.63) is 63.0 Å². The molecule has 0 unspecified atom stereocenters. The maximum absolute atomic E-state index is 12.3. The largest absolute Gasteiger partial charge is 0.460 e. The van der Waals surface area contributed by atoms with Crippen molar-refractivity contribution in [3.63, 3.8) is 0 Å². The first-order valence-electron chi connectivity index (χ1n) is 7.91. The van der Waals surface area contributed by atoms with E-state index in [-0.39, 0.29) is 35.0 Å². The second-order valence-electron chi connectivity index (χ2n) is 5.55. The Morgan fingerprint density at radius 3 is 2.74 bits per heavy atom. The molecule has 0 bridgehead atoms. The lowest BCUT2D eigenvalue weighted by atomic mass is 10.2. The molecule has 0 spiro atoms. The molecule has 0 aliphatic carbocycles. The Bertz CT molecular complexity index is 1250. The van der Waals surface area contributed by atoms with Crippen molar-refractivity contribution in [2.45, 2.75) is 6.92 Å². The molecule has 0 radical (unpaired) electrons. The Morgan fingerprint density at radius 1 is 1.33 bits per heavy atom. The van der Waals surface area contributed by atoms with Crippen molar-refractivity contribution in [2.75, 3.05) is 6.61 Å². The van der Waals surface area contributed by atoms with E-state index >= 15 is 0 Å². The molecule has 27 heavy (non-hydrogen) atoms. The molecule has 11 heteroatoms. The molecule has 4 rings (SSSR count). The summed E-state index contributed by atoms with van der Waals surface area (Å²) in [6.07, 6.45) is 3.31. The number of rotatable bonds is 4. The molecule has 11 nitrogen and oxygen atoms in total. The van der Waals surface area contributed by atoms with Gasteiger partial charge in [0.1, 0.15) is 5.69 Å². The molecule has 3 aromatic heterocycles. The number of esters is 1. The van der Waals surface area contributed by atoms with Crippen LogP contribution in [-0.2, 0) is 4.74 Å². The van der Waals surface area contributed by atoms with E-state index in [0.29, 0.717) is 5.52 Å². The summed E-state index contributed by atoms with van der Waals surface area (Å²) >= 11 is 0. The average molecular weight is 368 g/mol. The minimum absolute atomic E-state index is 0.113. The van der Waals surface area contributed by atoms with Crippen molar-refractivity contribution in [1.29, 1.82) is 0 Å². The summed E-state index contributed by atoms with van der Waals surface area (Å²) in [5.74, 6) is -1.03. The van der Waals surface area contributed by atoms with E-state index in [1.54, 1.807) is 36.0 Å². The summed E-state index contributed by atoms with van der Waals surface area (Å²) in [6, 6.07) is 6.20. The van der Waals surface area contributed by atoms with Crippen LogP contribution in [0.3, 0.4) is 0 Å². The van der Waals surface area contributed by atoms with Crippen molar-refractivity contribution >= 4 is 28.3 Å². The third-order valence-electron chi connectivity index (χ3n) is 3.92. The smallest absolute Gasteiger partial charge is 0.378 e. The van der Waals surface area contributed by atoms with Gasteiger partial charge in [0.15, 0.2) is 0 Å². The Kier molecular flexibility index (Phi) is 3.69. The number of ether oxygens (including phenoxy) is 1. The summed E-state index contributed by atoms with van der Waals surface area (Å²) in [5.41, 5.74) is -0.123. The monoisotopic (exact) mass is 368 g/mol. The number of aromatic nitrogens is 5. The minimum atomic E-state index is -0.763. The van der Waals surface area contributed by atoms with E-state index in [0.717, 1.165) is 0 Å². The van der Waals surface area contributed by atoms with E-state index in [1.165, 1.54) is 16.6 Å². The highest BCUT2D eigenvalue weighted by molar-refractivity contribution is 5.87.